The van der Waals surface area contributed by atoms with Crippen LogP contribution >= 0.6 is 0 Å². The molecule has 5 nitrogen and oxygen atoms in total. The van der Waals surface area contributed by atoms with Crippen molar-refractivity contribution in [3.8, 4) is 0 Å². The van der Waals surface area contributed by atoms with Crippen molar-refractivity contribution in [2.75, 3.05) is 60.0 Å². The molecule has 1 aromatic carbocycles. The summed E-state index contributed by atoms with van der Waals surface area (Å²) in [7, 11) is 3.53. The standard InChI is InChI=1S/C18H28FN3O2/c1-15(16-4-6-17(19)7-5-16)20(2)18(23)14-22-10-8-21(9-11-22)12-13-24-3/h4-7,15H,8-14H2,1-3H3/t15-/m0/s1. The summed E-state index contributed by atoms with van der Waals surface area (Å²) in [4.78, 5) is 18.8. The molecule has 0 saturated carbocycles. The molecule has 0 aromatic heterocycles. The number of ether oxygens (including phenoxy) is 1. The predicted molar refractivity (Wildman–Crippen MR) is 92.3 cm³/mol. The van der Waals surface area contributed by atoms with Crippen LogP contribution in [0, 0.1) is 5.82 Å². The van der Waals surface area contributed by atoms with Crippen LogP contribution in [0.1, 0.15) is 18.5 Å². The molecule has 1 fully saturated rings. The minimum Gasteiger partial charge on any atom is -0.383 e. The number of piperazine rings is 1. The van der Waals surface area contributed by atoms with Gasteiger partial charge in [-0.1, -0.05) is 12.1 Å². The molecule has 0 radical (unpaired) electrons. The number of rotatable bonds is 7. The van der Waals surface area contributed by atoms with Crippen LogP contribution < -0.4 is 0 Å². The van der Waals surface area contributed by atoms with E-state index in [9.17, 15) is 9.18 Å². The molecule has 134 valence electrons. The topological polar surface area (TPSA) is 36.0 Å². The highest BCUT2D eigenvalue weighted by Crippen LogP contribution is 2.19. The molecule has 0 spiro atoms. The van der Waals surface area contributed by atoms with Crippen molar-refractivity contribution in [1.82, 2.24) is 14.7 Å². The fourth-order valence-corrected chi connectivity index (χ4v) is 2.88. The quantitative estimate of drug-likeness (QED) is 0.757. The second-order valence-corrected chi connectivity index (χ2v) is 6.34. The van der Waals surface area contributed by atoms with E-state index in [-0.39, 0.29) is 17.8 Å². The summed E-state index contributed by atoms with van der Waals surface area (Å²) in [5.74, 6) is -0.163. The van der Waals surface area contributed by atoms with Gasteiger partial charge in [0.05, 0.1) is 19.2 Å². The third kappa shape index (κ3) is 5.26. The van der Waals surface area contributed by atoms with E-state index in [4.69, 9.17) is 4.74 Å². The zero-order valence-electron chi connectivity index (χ0n) is 14.9. The van der Waals surface area contributed by atoms with Crippen LogP contribution in [0.15, 0.2) is 24.3 Å². The Morgan fingerprint density at radius 1 is 1.21 bits per heavy atom. The molecule has 24 heavy (non-hydrogen) atoms. The number of nitrogens with zero attached hydrogens (tertiary/aromatic N) is 3. The highest BCUT2D eigenvalue weighted by Gasteiger charge is 2.22. The minimum absolute atomic E-state index is 0.0684. The summed E-state index contributed by atoms with van der Waals surface area (Å²) in [5.41, 5.74) is 0.941. The van der Waals surface area contributed by atoms with Gasteiger partial charge in [-0.05, 0) is 24.6 Å². The van der Waals surface area contributed by atoms with E-state index in [1.807, 2.05) is 14.0 Å². The summed E-state index contributed by atoms with van der Waals surface area (Å²) in [6.45, 7) is 7.81. The number of likely N-dealkylation sites (N-methyl/N-ethyl adjacent to an activating group) is 1. The molecule has 1 aliphatic heterocycles. The fourth-order valence-electron chi connectivity index (χ4n) is 2.88. The molecule has 0 N–H and O–H groups in total. The summed E-state index contributed by atoms with van der Waals surface area (Å²) >= 11 is 0. The van der Waals surface area contributed by atoms with Crippen LogP contribution in [0.4, 0.5) is 4.39 Å². The van der Waals surface area contributed by atoms with Gasteiger partial charge in [-0.3, -0.25) is 14.6 Å². The number of carbonyl (C=O) groups is 1. The van der Waals surface area contributed by atoms with Gasteiger partial charge < -0.3 is 9.64 Å². The monoisotopic (exact) mass is 337 g/mol. The van der Waals surface area contributed by atoms with Crippen LogP contribution in [0.5, 0.6) is 0 Å². The highest BCUT2D eigenvalue weighted by molar-refractivity contribution is 5.78. The summed E-state index contributed by atoms with van der Waals surface area (Å²) in [6.07, 6.45) is 0. The van der Waals surface area contributed by atoms with E-state index in [1.165, 1.54) is 12.1 Å². The van der Waals surface area contributed by atoms with Gasteiger partial charge in [0.1, 0.15) is 5.82 Å². The minimum atomic E-state index is -0.258. The van der Waals surface area contributed by atoms with Gasteiger partial charge in [-0.25, -0.2) is 4.39 Å². The summed E-state index contributed by atoms with van der Waals surface area (Å²) in [6, 6.07) is 6.27. The average Bonchev–Trinajstić information content (AvgIpc) is 2.60. The summed E-state index contributed by atoms with van der Waals surface area (Å²) < 4.78 is 18.1. The van der Waals surface area contributed by atoms with Gasteiger partial charge in [-0.15, -0.1) is 0 Å². The smallest absolute Gasteiger partial charge is 0.236 e. The number of carbonyl (C=O) groups excluding carboxylic acids is 1. The van der Waals surface area contributed by atoms with Crippen LogP contribution in [-0.2, 0) is 9.53 Å². The van der Waals surface area contributed by atoms with E-state index in [0.717, 1.165) is 44.9 Å². The molecule has 1 aromatic rings. The first-order chi connectivity index (χ1) is 11.5. The third-order valence-corrected chi connectivity index (χ3v) is 4.76. The number of hydrogen-bond acceptors (Lipinski definition) is 4. The normalized spacial score (nSPS) is 17.7. The molecular formula is C18H28FN3O2. The third-order valence-electron chi connectivity index (χ3n) is 4.76. The van der Waals surface area contributed by atoms with Crippen molar-refractivity contribution in [1.29, 1.82) is 0 Å². The number of amides is 1. The van der Waals surface area contributed by atoms with E-state index >= 15 is 0 Å². The van der Waals surface area contributed by atoms with Crippen LogP contribution in [0.3, 0.4) is 0 Å². The van der Waals surface area contributed by atoms with Crippen molar-refractivity contribution >= 4 is 5.91 Å². The zero-order chi connectivity index (χ0) is 17.5. The van der Waals surface area contributed by atoms with Gasteiger partial charge in [-0.2, -0.15) is 0 Å². The number of halogens is 1. The van der Waals surface area contributed by atoms with E-state index < -0.39 is 0 Å². The van der Waals surface area contributed by atoms with Gasteiger partial charge >= 0.3 is 0 Å². The van der Waals surface area contributed by atoms with Crippen molar-refractivity contribution in [2.24, 2.45) is 0 Å². The molecule has 1 atom stereocenters. The molecule has 2 rings (SSSR count). The average molecular weight is 337 g/mol. The Balaban J connectivity index is 1.80. The Bertz CT molecular complexity index is 516. The molecule has 1 heterocycles. The maximum Gasteiger partial charge on any atom is 0.236 e. The highest BCUT2D eigenvalue weighted by atomic mass is 19.1. The fraction of sp³-hybridized carbons (Fsp3) is 0.611. The maximum absolute atomic E-state index is 13.0. The molecule has 1 amide bonds. The predicted octanol–water partition coefficient (Wildman–Crippen LogP) is 1.61. The van der Waals surface area contributed by atoms with Crippen molar-refractivity contribution < 1.29 is 13.9 Å². The number of hydrogen-bond donors (Lipinski definition) is 0. The Morgan fingerprint density at radius 3 is 2.38 bits per heavy atom. The molecule has 1 saturated heterocycles. The van der Waals surface area contributed by atoms with Crippen molar-refractivity contribution in [2.45, 2.75) is 13.0 Å². The first-order valence-corrected chi connectivity index (χ1v) is 8.46. The lowest BCUT2D eigenvalue weighted by atomic mass is 10.1. The molecule has 0 aliphatic carbocycles. The van der Waals surface area contributed by atoms with Gasteiger partial charge in [0.25, 0.3) is 0 Å². The molecule has 0 unspecified atom stereocenters. The largest absolute Gasteiger partial charge is 0.383 e. The molecule has 0 bridgehead atoms. The number of benzene rings is 1. The second-order valence-electron chi connectivity index (χ2n) is 6.34. The van der Waals surface area contributed by atoms with Gasteiger partial charge in [0.15, 0.2) is 0 Å². The Labute approximate surface area is 144 Å². The van der Waals surface area contributed by atoms with E-state index in [2.05, 4.69) is 9.80 Å². The Morgan fingerprint density at radius 2 is 1.79 bits per heavy atom. The van der Waals surface area contributed by atoms with Crippen LogP contribution in [-0.4, -0.2) is 80.6 Å². The molecule has 1 aliphatic rings. The van der Waals surface area contributed by atoms with Gasteiger partial charge in [0.2, 0.25) is 5.91 Å². The number of methoxy groups -OCH3 is 1. The van der Waals surface area contributed by atoms with Crippen molar-refractivity contribution in [3.05, 3.63) is 35.6 Å². The lowest BCUT2D eigenvalue weighted by Gasteiger charge is -2.35. The molecular weight excluding hydrogens is 309 g/mol. The Kier molecular flexibility index (Phi) is 7.15. The lowest BCUT2D eigenvalue weighted by molar-refractivity contribution is -0.133. The van der Waals surface area contributed by atoms with Crippen LogP contribution in [0.2, 0.25) is 0 Å². The van der Waals surface area contributed by atoms with Gasteiger partial charge in [0, 0.05) is 46.9 Å². The lowest BCUT2D eigenvalue weighted by Crippen LogP contribution is -2.50. The zero-order valence-corrected chi connectivity index (χ0v) is 14.9. The maximum atomic E-state index is 13.0. The van der Waals surface area contributed by atoms with Crippen LogP contribution in [0.25, 0.3) is 0 Å². The van der Waals surface area contributed by atoms with E-state index in [0.29, 0.717) is 6.54 Å². The first kappa shape index (κ1) is 18.8. The first-order valence-electron chi connectivity index (χ1n) is 8.46. The summed E-state index contributed by atoms with van der Waals surface area (Å²) in [5, 5.41) is 0. The SMILES string of the molecule is COCCN1CCN(CC(=O)N(C)[C@@H](C)c2ccc(F)cc2)CC1. The Hall–Kier alpha value is -1.50. The molecule has 6 heteroatoms. The van der Waals surface area contributed by atoms with Crippen molar-refractivity contribution in [3.63, 3.8) is 0 Å². The van der Waals surface area contributed by atoms with E-state index in [1.54, 1.807) is 24.1 Å². The second kappa shape index (κ2) is 9.11.